The fourth-order valence-electron chi connectivity index (χ4n) is 1.79. The number of nitrogens with one attached hydrogen (secondary N) is 1. The molecule has 0 atom stereocenters. The van der Waals surface area contributed by atoms with Gasteiger partial charge in [0.05, 0.1) is 11.5 Å². The lowest BCUT2D eigenvalue weighted by atomic mass is 10.2. The molecule has 1 rings (SSSR count). The molecule has 106 valence electrons. The third-order valence-electron chi connectivity index (χ3n) is 2.68. The van der Waals surface area contributed by atoms with Crippen molar-refractivity contribution in [2.45, 2.75) is 26.8 Å². The molecule has 0 aliphatic heterocycles. The van der Waals surface area contributed by atoms with Gasteiger partial charge in [0.2, 0.25) is 11.8 Å². The van der Waals surface area contributed by atoms with Crippen molar-refractivity contribution in [3.63, 3.8) is 0 Å². The third kappa shape index (κ3) is 3.28. The van der Waals surface area contributed by atoms with Gasteiger partial charge in [0, 0.05) is 19.6 Å². The Morgan fingerprint density at radius 2 is 2.11 bits per heavy atom. The molecule has 1 aromatic rings. The fraction of sp³-hybridized carbons (Fsp3) is 0.636. The Kier molecular flexibility index (Phi) is 4.99. The van der Waals surface area contributed by atoms with Crippen molar-refractivity contribution in [3.8, 4) is 0 Å². The largest absolute Gasteiger partial charge is 0.395 e. The number of aliphatic hydroxyl groups excluding tert-OH is 1. The molecule has 1 heterocycles. The lowest BCUT2D eigenvalue weighted by Crippen LogP contribution is -2.35. The van der Waals surface area contributed by atoms with Gasteiger partial charge >= 0.3 is 5.69 Å². The van der Waals surface area contributed by atoms with Crippen LogP contribution in [0.4, 0.5) is 17.5 Å². The van der Waals surface area contributed by atoms with Crippen LogP contribution in [0.25, 0.3) is 0 Å². The second kappa shape index (κ2) is 6.28. The van der Waals surface area contributed by atoms with Gasteiger partial charge in [-0.2, -0.15) is 4.98 Å². The molecule has 0 fully saturated rings. The predicted octanol–water partition coefficient (Wildman–Crippen LogP) is 0.942. The van der Waals surface area contributed by atoms with Crippen molar-refractivity contribution < 1.29 is 10.0 Å². The summed E-state index contributed by atoms with van der Waals surface area (Å²) >= 11 is 0. The smallest absolute Gasteiger partial charge is 0.332 e. The van der Waals surface area contributed by atoms with Crippen LogP contribution in [0.2, 0.25) is 0 Å². The Labute approximate surface area is 111 Å². The summed E-state index contributed by atoms with van der Waals surface area (Å²) < 4.78 is 0. The van der Waals surface area contributed by atoms with Crippen molar-refractivity contribution in [3.05, 3.63) is 15.8 Å². The van der Waals surface area contributed by atoms with Gasteiger partial charge in [-0.25, -0.2) is 4.98 Å². The van der Waals surface area contributed by atoms with Crippen LogP contribution in [0.1, 0.15) is 19.5 Å². The maximum Gasteiger partial charge on any atom is 0.332 e. The van der Waals surface area contributed by atoms with E-state index in [2.05, 4.69) is 15.3 Å². The van der Waals surface area contributed by atoms with E-state index < -0.39 is 4.92 Å². The average molecular weight is 269 g/mol. The van der Waals surface area contributed by atoms with E-state index in [9.17, 15) is 10.1 Å². The minimum absolute atomic E-state index is 0.0233. The highest BCUT2D eigenvalue weighted by molar-refractivity contribution is 5.62. The Morgan fingerprint density at radius 3 is 2.53 bits per heavy atom. The lowest BCUT2D eigenvalue weighted by Gasteiger charge is -2.27. The number of nitro groups is 1. The van der Waals surface area contributed by atoms with Crippen LogP contribution in [0.5, 0.6) is 0 Å². The quantitative estimate of drug-likeness (QED) is 0.585. The summed E-state index contributed by atoms with van der Waals surface area (Å²) in [5, 5.41) is 23.1. The Morgan fingerprint density at radius 1 is 1.47 bits per heavy atom. The summed E-state index contributed by atoms with van der Waals surface area (Å²) in [7, 11) is 1.65. The number of aryl methyl sites for hydroxylation is 1. The molecule has 8 heteroatoms. The summed E-state index contributed by atoms with van der Waals surface area (Å²) in [4.78, 5) is 20.6. The van der Waals surface area contributed by atoms with E-state index in [1.165, 1.54) is 0 Å². The Balaban J connectivity index is 3.43. The van der Waals surface area contributed by atoms with E-state index in [1.807, 2.05) is 13.8 Å². The van der Waals surface area contributed by atoms with Gasteiger partial charge in [-0.1, -0.05) is 0 Å². The van der Waals surface area contributed by atoms with E-state index in [-0.39, 0.29) is 30.7 Å². The first-order valence-electron chi connectivity index (χ1n) is 6.00. The highest BCUT2D eigenvalue weighted by atomic mass is 16.6. The summed E-state index contributed by atoms with van der Waals surface area (Å²) in [6.07, 6.45) is 0. The van der Waals surface area contributed by atoms with Gasteiger partial charge < -0.3 is 15.3 Å². The maximum atomic E-state index is 11.2. The topological polar surface area (TPSA) is 104 Å². The SMILES string of the molecule is CNc1nc(C)c([N+](=O)[O-])c(N(CCO)C(C)C)n1. The monoisotopic (exact) mass is 269 g/mol. The van der Waals surface area contributed by atoms with Gasteiger partial charge in [0.25, 0.3) is 0 Å². The van der Waals surface area contributed by atoms with E-state index in [4.69, 9.17) is 5.11 Å². The molecule has 0 aromatic carbocycles. The Hall–Kier alpha value is -1.96. The second-order valence-electron chi connectivity index (χ2n) is 4.32. The number of aliphatic hydroxyl groups is 1. The summed E-state index contributed by atoms with van der Waals surface area (Å²) in [5.74, 6) is 0.549. The molecule has 0 saturated heterocycles. The van der Waals surface area contributed by atoms with Gasteiger partial charge in [-0.3, -0.25) is 10.1 Å². The molecule has 0 aliphatic carbocycles. The fourth-order valence-corrected chi connectivity index (χ4v) is 1.79. The molecule has 8 nitrogen and oxygen atoms in total. The zero-order chi connectivity index (χ0) is 14.6. The number of aromatic nitrogens is 2. The molecule has 0 bridgehead atoms. The standard InChI is InChI=1S/C11H19N5O3/c1-7(2)15(5-6-17)10-9(16(18)19)8(3)13-11(12-4)14-10/h7,17H,5-6H2,1-4H3,(H,12,13,14). The number of hydrogen-bond acceptors (Lipinski definition) is 7. The molecule has 0 spiro atoms. The van der Waals surface area contributed by atoms with Gasteiger partial charge in [-0.15, -0.1) is 0 Å². The van der Waals surface area contributed by atoms with Crippen LogP contribution in [-0.4, -0.2) is 46.2 Å². The zero-order valence-electron chi connectivity index (χ0n) is 11.5. The lowest BCUT2D eigenvalue weighted by molar-refractivity contribution is -0.385. The van der Waals surface area contributed by atoms with Crippen LogP contribution in [0, 0.1) is 17.0 Å². The number of anilines is 2. The summed E-state index contributed by atoms with van der Waals surface area (Å²) in [6.45, 7) is 5.51. The van der Waals surface area contributed by atoms with Crippen molar-refractivity contribution >= 4 is 17.5 Å². The van der Waals surface area contributed by atoms with Crippen molar-refractivity contribution in [2.75, 3.05) is 30.4 Å². The molecule has 0 aliphatic rings. The zero-order valence-corrected chi connectivity index (χ0v) is 11.5. The third-order valence-corrected chi connectivity index (χ3v) is 2.68. The van der Waals surface area contributed by atoms with Gasteiger partial charge in [0.1, 0.15) is 5.69 Å². The molecule has 0 saturated carbocycles. The molecular weight excluding hydrogens is 250 g/mol. The average Bonchev–Trinajstić information content (AvgIpc) is 2.33. The highest BCUT2D eigenvalue weighted by Gasteiger charge is 2.27. The summed E-state index contributed by atoms with van der Waals surface area (Å²) in [5.41, 5.74) is 0.170. The number of rotatable bonds is 6. The molecule has 1 aromatic heterocycles. The van der Waals surface area contributed by atoms with E-state index in [0.717, 1.165) is 0 Å². The highest BCUT2D eigenvalue weighted by Crippen LogP contribution is 2.30. The first kappa shape index (κ1) is 15.1. The van der Waals surface area contributed by atoms with Crippen LogP contribution < -0.4 is 10.2 Å². The normalized spacial score (nSPS) is 10.6. The molecule has 0 amide bonds. The summed E-state index contributed by atoms with van der Waals surface area (Å²) in [6, 6.07) is -0.0233. The first-order valence-corrected chi connectivity index (χ1v) is 6.00. The van der Waals surface area contributed by atoms with Crippen LogP contribution in [0.3, 0.4) is 0 Å². The first-order chi connectivity index (χ1) is 8.92. The number of nitrogens with zero attached hydrogens (tertiary/aromatic N) is 4. The maximum absolute atomic E-state index is 11.2. The molecular formula is C11H19N5O3. The van der Waals surface area contributed by atoms with Crippen LogP contribution in [0.15, 0.2) is 0 Å². The minimum atomic E-state index is -0.489. The van der Waals surface area contributed by atoms with Gasteiger partial charge in [0.15, 0.2) is 0 Å². The van der Waals surface area contributed by atoms with E-state index >= 15 is 0 Å². The van der Waals surface area contributed by atoms with E-state index in [1.54, 1.807) is 18.9 Å². The molecule has 2 N–H and O–H groups in total. The molecule has 19 heavy (non-hydrogen) atoms. The van der Waals surface area contributed by atoms with Crippen LogP contribution >= 0.6 is 0 Å². The number of hydrogen-bond donors (Lipinski definition) is 2. The van der Waals surface area contributed by atoms with Crippen LogP contribution in [-0.2, 0) is 0 Å². The predicted molar refractivity (Wildman–Crippen MR) is 72.5 cm³/mol. The van der Waals surface area contributed by atoms with Crippen molar-refractivity contribution in [1.82, 2.24) is 9.97 Å². The van der Waals surface area contributed by atoms with E-state index in [0.29, 0.717) is 11.6 Å². The molecule has 0 unspecified atom stereocenters. The molecule has 0 radical (unpaired) electrons. The van der Waals surface area contributed by atoms with Crippen molar-refractivity contribution in [1.29, 1.82) is 0 Å². The second-order valence-corrected chi connectivity index (χ2v) is 4.32. The van der Waals surface area contributed by atoms with Gasteiger partial charge in [-0.05, 0) is 20.8 Å². The van der Waals surface area contributed by atoms with Crippen molar-refractivity contribution in [2.24, 2.45) is 0 Å². The minimum Gasteiger partial charge on any atom is -0.395 e. The Bertz CT molecular complexity index is 464.